The molecule has 0 bridgehead atoms. The predicted octanol–water partition coefficient (Wildman–Crippen LogP) is 1.22. The summed E-state index contributed by atoms with van der Waals surface area (Å²) in [4.78, 5) is 27.5. The van der Waals surface area contributed by atoms with Crippen LogP contribution < -0.4 is 14.8 Å². The van der Waals surface area contributed by atoms with Crippen molar-refractivity contribution in [2.75, 3.05) is 26.6 Å². The number of aliphatic hydroxyl groups is 1. The minimum Gasteiger partial charge on any atom is -0.454 e. The second kappa shape index (κ2) is 9.25. The molecule has 0 aromatic heterocycles. The van der Waals surface area contributed by atoms with Gasteiger partial charge in [-0.15, -0.1) is 0 Å². The monoisotopic (exact) mass is 446 g/mol. The molecule has 9 heteroatoms. The Hall–Kier alpha value is -2.36. The van der Waals surface area contributed by atoms with Crippen molar-refractivity contribution in [3.05, 3.63) is 23.8 Å². The summed E-state index contributed by atoms with van der Waals surface area (Å²) < 4.78 is 22.6. The highest BCUT2D eigenvalue weighted by atomic mass is 16.7. The molecule has 1 saturated carbocycles. The molecule has 174 valence electrons. The quantitative estimate of drug-likeness (QED) is 0.716. The van der Waals surface area contributed by atoms with E-state index in [-0.39, 0.29) is 56.6 Å². The highest BCUT2D eigenvalue weighted by Gasteiger charge is 2.40. The Balaban J connectivity index is 1.28. The van der Waals surface area contributed by atoms with E-state index in [0.29, 0.717) is 42.4 Å². The molecule has 1 aliphatic carbocycles. The van der Waals surface area contributed by atoms with Crippen LogP contribution in [0.5, 0.6) is 11.5 Å². The summed E-state index contributed by atoms with van der Waals surface area (Å²) >= 11 is 0. The van der Waals surface area contributed by atoms with Crippen molar-refractivity contribution in [1.29, 1.82) is 0 Å². The first-order chi connectivity index (χ1) is 15.6. The third-order valence-corrected chi connectivity index (χ3v) is 6.74. The van der Waals surface area contributed by atoms with Gasteiger partial charge in [-0.25, -0.2) is 0 Å². The first-order valence-corrected chi connectivity index (χ1v) is 11.5. The van der Waals surface area contributed by atoms with Crippen molar-refractivity contribution in [2.24, 2.45) is 0 Å². The van der Waals surface area contributed by atoms with Crippen LogP contribution in [0.1, 0.15) is 48.9 Å². The lowest BCUT2D eigenvalue weighted by Crippen LogP contribution is -2.57. The molecule has 2 saturated heterocycles. The largest absolute Gasteiger partial charge is 0.454 e. The Morgan fingerprint density at radius 1 is 1.09 bits per heavy atom. The first-order valence-electron chi connectivity index (χ1n) is 11.5. The van der Waals surface area contributed by atoms with Gasteiger partial charge in [-0.2, -0.15) is 0 Å². The lowest BCUT2D eigenvalue weighted by Gasteiger charge is -2.44. The van der Waals surface area contributed by atoms with Crippen molar-refractivity contribution in [1.82, 2.24) is 10.2 Å². The molecule has 2 N–H and O–H groups in total. The summed E-state index contributed by atoms with van der Waals surface area (Å²) in [6.07, 6.45) is 3.61. The minimum atomic E-state index is -0.778. The Morgan fingerprint density at radius 2 is 1.94 bits per heavy atom. The molecule has 0 spiro atoms. The summed E-state index contributed by atoms with van der Waals surface area (Å²) in [6, 6.07) is 5.18. The normalized spacial score (nSPS) is 30.0. The lowest BCUT2D eigenvalue weighted by atomic mass is 9.92. The molecule has 1 aromatic rings. The van der Waals surface area contributed by atoms with Crippen molar-refractivity contribution < 1.29 is 33.6 Å². The zero-order valence-electron chi connectivity index (χ0n) is 18.0. The van der Waals surface area contributed by atoms with Crippen molar-refractivity contribution in [3.8, 4) is 11.5 Å². The van der Waals surface area contributed by atoms with Gasteiger partial charge in [0.2, 0.25) is 12.7 Å². The number of nitrogens with zero attached hydrogens (tertiary/aromatic N) is 1. The zero-order chi connectivity index (χ0) is 22.1. The van der Waals surface area contributed by atoms with Gasteiger partial charge in [0.15, 0.2) is 11.5 Å². The highest BCUT2D eigenvalue weighted by molar-refractivity contribution is 5.95. The fraction of sp³-hybridized carbons (Fsp3) is 0.652. The van der Waals surface area contributed by atoms with Gasteiger partial charge in [-0.3, -0.25) is 9.59 Å². The average molecular weight is 447 g/mol. The molecule has 1 aromatic carbocycles. The molecule has 3 fully saturated rings. The van der Waals surface area contributed by atoms with Crippen LogP contribution >= 0.6 is 0 Å². The fourth-order valence-electron chi connectivity index (χ4n) is 4.82. The smallest absolute Gasteiger partial charge is 0.254 e. The SMILES string of the molecule is O=C(C[C@H]1CC[C@@H]2[C@H](COC[C@H](O)CN2C(=O)c2ccc3c(c2)OCO3)O1)NC1CCC1. The molecule has 0 radical (unpaired) electrons. The number of β-amino-alcohol motifs (C(OH)–C–C–N with tert-alkyl or cyclic N) is 1. The van der Waals surface area contributed by atoms with Gasteiger partial charge in [0.25, 0.3) is 5.91 Å². The van der Waals surface area contributed by atoms with Crippen molar-refractivity contribution >= 4 is 11.8 Å². The first kappa shape index (κ1) is 21.5. The van der Waals surface area contributed by atoms with Crippen molar-refractivity contribution in [3.63, 3.8) is 0 Å². The standard InChI is InChI=1S/C23H30N2O7/c26-16-10-25(23(28)14-4-7-19-20(8-14)31-13-30-19)18-6-5-17(32-21(18)12-29-11-16)9-22(27)24-15-2-1-3-15/h4,7-8,15-18,21,26H,1-3,5-6,9-13H2,(H,24,27)/t16-,17-,18-,21+/m1/s1. The molecule has 4 atom stereocenters. The second-order valence-electron chi connectivity index (χ2n) is 9.06. The maximum Gasteiger partial charge on any atom is 0.254 e. The van der Waals surface area contributed by atoms with Gasteiger partial charge in [0, 0.05) is 18.2 Å². The van der Waals surface area contributed by atoms with Crippen LogP contribution in [0.25, 0.3) is 0 Å². The molecule has 2 amide bonds. The van der Waals surface area contributed by atoms with Crippen LogP contribution in [0.2, 0.25) is 0 Å². The Kier molecular flexibility index (Phi) is 6.21. The number of amides is 2. The number of aliphatic hydroxyl groups excluding tert-OH is 1. The van der Waals surface area contributed by atoms with Gasteiger partial charge in [0.1, 0.15) is 6.10 Å². The van der Waals surface area contributed by atoms with E-state index < -0.39 is 6.10 Å². The molecule has 3 heterocycles. The van der Waals surface area contributed by atoms with Crippen LogP contribution in [-0.4, -0.2) is 78.8 Å². The molecule has 3 aliphatic heterocycles. The van der Waals surface area contributed by atoms with Crippen LogP contribution in [0, 0.1) is 0 Å². The summed E-state index contributed by atoms with van der Waals surface area (Å²) in [5.41, 5.74) is 0.476. The van der Waals surface area contributed by atoms with Crippen molar-refractivity contribution in [2.45, 2.75) is 68.9 Å². The van der Waals surface area contributed by atoms with Crippen LogP contribution in [-0.2, 0) is 14.3 Å². The number of rotatable bonds is 4. The predicted molar refractivity (Wildman–Crippen MR) is 113 cm³/mol. The molecule has 0 unspecified atom stereocenters. The average Bonchev–Trinajstić information content (AvgIpc) is 3.21. The third kappa shape index (κ3) is 4.55. The maximum absolute atomic E-state index is 13.4. The lowest BCUT2D eigenvalue weighted by molar-refractivity contribution is -0.151. The van der Waals surface area contributed by atoms with Gasteiger partial charge in [0.05, 0.1) is 37.9 Å². The summed E-state index contributed by atoms with van der Waals surface area (Å²) in [6.45, 7) is 0.698. The van der Waals surface area contributed by atoms with E-state index in [1.807, 2.05) is 0 Å². The summed E-state index contributed by atoms with van der Waals surface area (Å²) in [7, 11) is 0. The number of hydrogen-bond acceptors (Lipinski definition) is 7. The number of benzene rings is 1. The van der Waals surface area contributed by atoms with Crippen LogP contribution in [0.15, 0.2) is 18.2 Å². The molecular formula is C23H30N2O7. The Labute approximate surface area is 186 Å². The highest BCUT2D eigenvalue weighted by Crippen LogP contribution is 2.34. The number of carbonyl (C=O) groups excluding carboxylic acids is 2. The molecule has 5 rings (SSSR count). The molecule has 9 nitrogen and oxygen atoms in total. The van der Waals surface area contributed by atoms with E-state index in [0.717, 1.165) is 12.8 Å². The van der Waals surface area contributed by atoms with Gasteiger partial charge < -0.3 is 34.3 Å². The number of carbonyl (C=O) groups is 2. The summed E-state index contributed by atoms with van der Waals surface area (Å²) in [5.74, 6) is 0.989. The molecule has 32 heavy (non-hydrogen) atoms. The number of nitrogens with one attached hydrogen (secondary N) is 1. The van der Waals surface area contributed by atoms with Gasteiger partial charge in [-0.1, -0.05) is 0 Å². The van der Waals surface area contributed by atoms with E-state index in [4.69, 9.17) is 18.9 Å². The van der Waals surface area contributed by atoms with E-state index in [2.05, 4.69) is 5.32 Å². The molecular weight excluding hydrogens is 416 g/mol. The van der Waals surface area contributed by atoms with E-state index in [9.17, 15) is 14.7 Å². The zero-order valence-corrected chi connectivity index (χ0v) is 18.0. The minimum absolute atomic E-state index is 0.0219. The van der Waals surface area contributed by atoms with Crippen LogP contribution in [0.4, 0.5) is 0 Å². The second-order valence-corrected chi connectivity index (χ2v) is 9.06. The maximum atomic E-state index is 13.4. The summed E-state index contributed by atoms with van der Waals surface area (Å²) in [5, 5.41) is 13.4. The van der Waals surface area contributed by atoms with Crippen LogP contribution in [0.3, 0.4) is 0 Å². The third-order valence-electron chi connectivity index (χ3n) is 6.74. The van der Waals surface area contributed by atoms with Gasteiger partial charge in [-0.05, 0) is 50.3 Å². The number of fused-ring (bicyclic) bond motifs is 2. The Bertz CT molecular complexity index is 859. The van der Waals surface area contributed by atoms with E-state index >= 15 is 0 Å². The number of ether oxygens (including phenoxy) is 4. The Morgan fingerprint density at radius 3 is 2.75 bits per heavy atom. The van der Waals surface area contributed by atoms with Gasteiger partial charge >= 0.3 is 0 Å². The number of hydrogen-bond donors (Lipinski definition) is 2. The van der Waals surface area contributed by atoms with E-state index in [1.165, 1.54) is 6.42 Å². The fourth-order valence-corrected chi connectivity index (χ4v) is 4.82. The topological polar surface area (TPSA) is 107 Å². The molecule has 4 aliphatic rings. The van der Waals surface area contributed by atoms with E-state index in [1.54, 1.807) is 23.1 Å².